The minimum absolute atomic E-state index is 0.0116. The van der Waals surface area contributed by atoms with Crippen molar-refractivity contribution in [3.05, 3.63) is 41.5 Å². The molecule has 0 spiro atoms. The molecular weight excluding hydrogens is 314 g/mol. The number of carbonyl (C=O) groups is 2. The van der Waals surface area contributed by atoms with Crippen molar-refractivity contribution in [1.29, 1.82) is 0 Å². The molecule has 2 N–H and O–H groups in total. The zero-order valence-electron chi connectivity index (χ0n) is 14.1. The summed E-state index contributed by atoms with van der Waals surface area (Å²) >= 11 is 0. The number of carbonyl (C=O) groups excluding carboxylic acids is 2. The van der Waals surface area contributed by atoms with Gasteiger partial charge in [0.15, 0.2) is 0 Å². The van der Waals surface area contributed by atoms with Crippen LogP contribution in [0.5, 0.6) is 0 Å². The van der Waals surface area contributed by atoms with Gasteiger partial charge < -0.3 is 10.6 Å². The second kappa shape index (κ2) is 5.30. The SMILES string of the molecule is Nc1ccc2c3c(cccc13)C(=O)N(C1CCN3CCCC1C3)C2=O. The summed E-state index contributed by atoms with van der Waals surface area (Å²) in [4.78, 5) is 30.5. The molecule has 0 aromatic heterocycles. The average molecular weight is 335 g/mol. The van der Waals surface area contributed by atoms with E-state index in [-0.39, 0.29) is 17.9 Å². The first-order valence-corrected chi connectivity index (χ1v) is 9.06. The van der Waals surface area contributed by atoms with Gasteiger partial charge in [-0.05, 0) is 49.9 Å². The molecule has 3 unspecified atom stereocenters. The van der Waals surface area contributed by atoms with E-state index in [0.29, 0.717) is 22.7 Å². The number of anilines is 1. The summed E-state index contributed by atoms with van der Waals surface area (Å²) in [6.07, 6.45) is 3.12. The van der Waals surface area contributed by atoms with Crippen molar-refractivity contribution in [1.82, 2.24) is 9.80 Å². The highest BCUT2D eigenvalue weighted by molar-refractivity contribution is 6.26. The Hall–Kier alpha value is -2.40. The molecule has 2 fully saturated rings. The van der Waals surface area contributed by atoms with E-state index in [4.69, 9.17) is 5.73 Å². The molecule has 2 aromatic carbocycles. The summed E-state index contributed by atoms with van der Waals surface area (Å²) in [5, 5.41) is 1.51. The minimum Gasteiger partial charge on any atom is -0.398 e. The monoisotopic (exact) mass is 335 g/mol. The van der Waals surface area contributed by atoms with Crippen LogP contribution in [0.4, 0.5) is 5.69 Å². The number of piperidine rings is 2. The quantitative estimate of drug-likeness (QED) is 0.642. The van der Waals surface area contributed by atoms with E-state index in [1.807, 2.05) is 18.2 Å². The first kappa shape index (κ1) is 14.9. The zero-order chi connectivity index (χ0) is 17.1. The van der Waals surface area contributed by atoms with Crippen LogP contribution in [0.15, 0.2) is 30.3 Å². The Balaban J connectivity index is 1.63. The zero-order valence-corrected chi connectivity index (χ0v) is 14.1. The summed E-state index contributed by atoms with van der Waals surface area (Å²) in [7, 11) is 0. The molecule has 2 saturated heterocycles. The van der Waals surface area contributed by atoms with Crippen LogP contribution in [0, 0.1) is 5.92 Å². The normalized spacial score (nSPS) is 28.5. The van der Waals surface area contributed by atoms with Gasteiger partial charge in [-0.2, -0.15) is 0 Å². The Bertz CT molecular complexity index is 885. The lowest BCUT2D eigenvalue weighted by Gasteiger charge is -2.47. The molecule has 5 rings (SSSR count). The summed E-state index contributed by atoms with van der Waals surface area (Å²) in [6.45, 7) is 3.12. The summed E-state index contributed by atoms with van der Waals surface area (Å²) < 4.78 is 0. The number of imide groups is 1. The molecule has 25 heavy (non-hydrogen) atoms. The van der Waals surface area contributed by atoms with Crippen molar-refractivity contribution in [3.8, 4) is 0 Å². The third-order valence-electron chi connectivity index (χ3n) is 6.13. The first-order valence-electron chi connectivity index (χ1n) is 9.06. The van der Waals surface area contributed by atoms with Gasteiger partial charge >= 0.3 is 0 Å². The molecule has 3 aliphatic heterocycles. The van der Waals surface area contributed by atoms with Crippen molar-refractivity contribution in [2.24, 2.45) is 5.92 Å². The van der Waals surface area contributed by atoms with Crippen LogP contribution in [0.25, 0.3) is 10.8 Å². The van der Waals surface area contributed by atoms with Gasteiger partial charge in [-0.15, -0.1) is 0 Å². The number of nitrogen functional groups attached to an aromatic ring is 1. The molecule has 2 bridgehead atoms. The fraction of sp³-hybridized carbons (Fsp3) is 0.400. The molecule has 0 aliphatic carbocycles. The Morgan fingerprint density at radius 3 is 2.60 bits per heavy atom. The molecule has 0 radical (unpaired) electrons. The lowest BCUT2D eigenvalue weighted by Crippen LogP contribution is -2.57. The Morgan fingerprint density at radius 2 is 1.76 bits per heavy atom. The second-order valence-electron chi connectivity index (χ2n) is 7.47. The van der Waals surface area contributed by atoms with E-state index in [9.17, 15) is 9.59 Å². The largest absolute Gasteiger partial charge is 0.398 e. The maximum Gasteiger partial charge on any atom is 0.261 e. The predicted octanol–water partition coefficient (Wildman–Crippen LogP) is 2.50. The van der Waals surface area contributed by atoms with Crippen LogP contribution >= 0.6 is 0 Å². The number of nitrogens with two attached hydrogens (primary N) is 1. The lowest BCUT2D eigenvalue weighted by molar-refractivity contribution is 0.0211. The van der Waals surface area contributed by atoms with Gasteiger partial charge in [-0.3, -0.25) is 14.5 Å². The van der Waals surface area contributed by atoms with Crippen LogP contribution in [0.3, 0.4) is 0 Å². The van der Waals surface area contributed by atoms with Gasteiger partial charge in [0.05, 0.1) is 0 Å². The van der Waals surface area contributed by atoms with Crippen molar-refractivity contribution >= 4 is 28.3 Å². The lowest BCUT2D eigenvalue weighted by atomic mass is 9.82. The summed E-state index contributed by atoms with van der Waals surface area (Å²) in [6, 6.07) is 9.12. The molecule has 128 valence electrons. The number of fused-ring (bicyclic) bond motifs is 2. The minimum atomic E-state index is -0.155. The highest BCUT2D eigenvalue weighted by atomic mass is 16.2. The number of benzene rings is 2. The Kier molecular flexibility index (Phi) is 3.16. The Labute approximate surface area is 146 Å². The van der Waals surface area contributed by atoms with Gasteiger partial charge in [0.2, 0.25) is 0 Å². The van der Waals surface area contributed by atoms with Gasteiger partial charge in [0.25, 0.3) is 11.8 Å². The average Bonchev–Trinajstić information content (AvgIpc) is 2.63. The molecule has 2 aromatic rings. The number of rotatable bonds is 1. The van der Waals surface area contributed by atoms with E-state index in [2.05, 4.69) is 4.90 Å². The molecule has 0 saturated carbocycles. The summed E-state index contributed by atoms with van der Waals surface area (Å²) in [5.74, 6) is 0.0837. The fourth-order valence-electron chi connectivity index (χ4n) is 4.94. The number of amides is 2. The molecule has 2 amide bonds. The van der Waals surface area contributed by atoms with Crippen molar-refractivity contribution < 1.29 is 9.59 Å². The van der Waals surface area contributed by atoms with Crippen LogP contribution in [0.2, 0.25) is 0 Å². The van der Waals surface area contributed by atoms with Gasteiger partial charge in [-0.25, -0.2) is 0 Å². The second-order valence-corrected chi connectivity index (χ2v) is 7.47. The van der Waals surface area contributed by atoms with E-state index in [1.165, 1.54) is 0 Å². The standard InChI is InChI=1S/C20H21N3O2/c21-16-7-6-15-18-13(16)4-1-5-14(18)19(24)23(20(15)25)17-8-10-22-9-2-3-12(17)11-22/h1,4-7,12,17H,2-3,8-11,21H2. The van der Waals surface area contributed by atoms with Gasteiger partial charge in [0, 0.05) is 46.7 Å². The maximum absolute atomic E-state index is 13.2. The smallest absolute Gasteiger partial charge is 0.261 e. The van der Waals surface area contributed by atoms with Crippen molar-refractivity contribution in [2.45, 2.75) is 25.3 Å². The number of nitrogens with zero attached hydrogens (tertiary/aromatic N) is 2. The molecule has 5 nitrogen and oxygen atoms in total. The van der Waals surface area contributed by atoms with Gasteiger partial charge in [0.1, 0.15) is 0 Å². The van der Waals surface area contributed by atoms with Crippen LogP contribution < -0.4 is 5.73 Å². The van der Waals surface area contributed by atoms with Crippen molar-refractivity contribution in [2.75, 3.05) is 25.4 Å². The highest BCUT2D eigenvalue weighted by Crippen LogP contribution is 2.37. The highest BCUT2D eigenvalue weighted by Gasteiger charge is 2.43. The first-order chi connectivity index (χ1) is 12.1. The number of hydrogen-bond acceptors (Lipinski definition) is 4. The number of hydrogen-bond donors (Lipinski definition) is 1. The molecule has 3 atom stereocenters. The predicted molar refractivity (Wildman–Crippen MR) is 96.4 cm³/mol. The molecule has 3 heterocycles. The third-order valence-corrected chi connectivity index (χ3v) is 6.13. The molecular formula is C20H21N3O2. The van der Waals surface area contributed by atoms with E-state index in [1.54, 1.807) is 17.0 Å². The topological polar surface area (TPSA) is 66.6 Å². The van der Waals surface area contributed by atoms with E-state index >= 15 is 0 Å². The van der Waals surface area contributed by atoms with Crippen molar-refractivity contribution in [3.63, 3.8) is 0 Å². The summed E-state index contributed by atoms with van der Waals surface area (Å²) in [5.41, 5.74) is 7.89. The fourth-order valence-corrected chi connectivity index (χ4v) is 4.94. The molecule has 3 aliphatic rings. The maximum atomic E-state index is 13.2. The van der Waals surface area contributed by atoms with Gasteiger partial charge in [-0.1, -0.05) is 12.1 Å². The molecule has 5 heteroatoms. The van der Waals surface area contributed by atoms with Crippen LogP contribution in [0.1, 0.15) is 40.0 Å². The van der Waals surface area contributed by atoms with Crippen LogP contribution in [-0.2, 0) is 0 Å². The Morgan fingerprint density at radius 1 is 0.960 bits per heavy atom. The van der Waals surface area contributed by atoms with Crippen LogP contribution in [-0.4, -0.2) is 47.3 Å². The third kappa shape index (κ3) is 2.05. The van der Waals surface area contributed by atoms with E-state index in [0.717, 1.165) is 49.7 Å². The van der Waals surface area contributed by atoms with E-state index < -0.39 is 0 Å².